The van der Waals surface area contributed by atoms with Crippen LogP contribution >= 0.6 is 0 Å². The molecule has 6 nitrogen and oxygen atoms in total. The fourth-order valence-corrected chi connectivity index (χ4v) is 4.06. The van der Waals surface area contributed by atoms with Crippen LogP contribution < -0.4 is 5.32 Å². The highest BCUT2D eigenvalue weighted by Gasteiger charge is 2.22. The van der Waals surface area contributed by atoms with Crippen LogP contribution in [0, 0.1) is 6.92 Å². The Morgan fingerprint density at radius 3 is 2.23 bits per heavy atom. The average molecular weight is 427 g/mol. The Hall–Kier alpha value is -2.90. The average Bonchev–Trinajstić information content (AvgIpc) is 3.17. The molecule has 158 valence electrons. The summed E-state index contributed by atoms with van der Waals surface area (Å²) in [5, 5.41) is 2.79. The fourth-order valence-electron chi connectivity index (χ4n) is 2.92. The van der Waals surface area contributed by atoms with Crippen LogP contribution in [0.25, 0.3) is 0 Å². The Labute approximate surface area is 177 Å². The van der Waals surface area contributed by atoms with Crippen LogP contribution in [0.5, 0.6) is 0 Å². The van der Waals surface area contributed by atoms with Crippen molar-refractivity contribution in [2.45, 2.75) is 38.1 Å². The molecule has 7 heteroatoms. The van der Waals surface area contributed by atoms with Gasteiger partial charge in [-0.25, -0.2) is 8.42 Å². The summed E-state index contributed by atoms with van der Waals surface area (Å²) in [5.41, 5.74) is 2.84. The first-order valence-electron chi connectivity index (χ1n) is 9.70. The number of rotatable bonds is 7. The molecule has 1 aromatic heterocycles. The molecule has 0 aliphatic rings. The molecule has 1 N–H and O–H groups in total. The lowest BCUT2D eigenvalue weighted by molar-refractivity contribution is 0.0994. The number of furan rings is 1. The van der Waals surface area contributed by atoms with Crippen LogP contribution in [0.3, 0.4) is 0 Å². The van der Waals surface area contributed by atoms with Crippen LogP contribution in [0.4, 0.5) is 5.69 Å². The number of aryl methyl sites for hydroxylation is 1. The molecule has 0 atom stereocenters. The summed E-state index contributed by atoms with van der Waals surface area (Å²) in [6, 6.07) is 17.4. The van der Waals surface area contributed by atoms with E-state index in [4.69, 9.17) is 4.42 Å². The molecule has 0 aliphatic carbocycles. The number of hydrogen-bond acceptors (Lipinski definition) is 4. The normalized spacial score (nSPS) is 11.8. The SMILES string of the molecule is Cc1ccc(S(=O)(=O)N(C)Cc2ccc(C(=O)Nc3ccc(C(C)C)cc3)o2)cc1. The summed E-state index contributed by atoms with van der Waals surface area (Å²) in [4.78, 5) is 12.7. The van der Waals surface area contributed by atoms with Crippen LogP contribution in [0.1, 0.15) is 47.2 Å². The second-order valence-corrected chi connectivity index (χ2v) is 9.62. The number of carbonyl (C=O) groups is 1. The van der Waals surface area contributed by atoms with Gasteiger partial charge in [0, 0.05) is 12.7 Å². The predicted molar refractivity (Wildman–Crippen MR) is 117 cm³/mol. The van der Waals surface area contributed by atoms with E-state index in [1.807, 2.05) is 31.2 Å². The summed E-state index contributed by atoms with van der Waals surface area (Å²) in [6.45, 7) is 6.13. The van der Waals surface area contributed by atoms with Gasteiger partial charge in [-0.15, -0.1) is 0 Å². The van der Waals surface area contributed by atoms with Gasteiger partial charge in [-0.2, -0.15) is 4.31 Å². The molecule has 3 rings (SSSR count). The molecule has 0 radical (unpaired) electrons. The van der Waals surface area contributed by atoms with E-state index in [1.54, 1.807) is 36.4 Å². The molecule has 0 bridgehead atoms. The molecular weight excluding hydrogens is 400 g/mol. The van der Waals surface area contributed by atoms with E-state index in [2.05, 4.69) is 19.2 Å². The highest BCUT2D eigenvalue weighted by atomic mass is 32.2. The Kier molecular flexibility index (Phi) is 6.43. The number of amides is 1. The number of nitrogens with one attached hydrogen (secondary N) is 1. The van der Waals surface area contributed by atoms with Gasteiger partial charge in [-0.05, 0) is 54.8 Å². The molecule has 0 fully saturated rings. The van der Waals surface area contributed by atoms with Gasteiger partial charge >= 0.3 is 0 Å². The van der Waals surface area contributed by atoms with Gasteiger partial charge in [0.2, 0.25) is 10.0 Å². The zero-order valence-corrected chi connectivity index (χ0v) is 18.4. The molecule has 30 heavy (non-hydrogen) atoms. The van der Waals surface area contributed by atoms with Gasteiger partial charge in [0.25, 0.3) is 5.91 Å². The highest BCUT2D eigenvalue weighted by Crippen LogP contribution is 2.20. The van der Waals surface area contributed by atoms with Crippen LogP contribution in [0.15, 0.2) is 70.0 Å². The van der Waals surface area contributed by atoms with Gasteiger partial charge < -0.3 is 9.73 Å². The van der Waals surface area contributed by atoms with E-state index in [1.165, 1.54) is 16.9 Å². The van der Waals surface area contributed by atoms with Gasteiger partial charge in [0.05, 0.1) is 11.4 Å². The molecule has 0 saturated heterocycles. The molecule has 1 heterocycles. The largest absolute Gasteiger partial charge is 0.455 e. The maximum Gasteiger partial charge on any atom is 0.291 e. The summed E-state index contributed by atoms with van der Waals surface area (Å²) >= 11 is 0. The summed E-state index contributed by atoms with van der Waals surface area (Å²) < 4.78 is 32.2. The third-order valence-corrected chi connectivity index (χ3v) is 6.65. The predicted octanol–water partition coefficient (Wildman–Crippen LogP) is 4.78. The topological polar surface area (TPSA) is 79.6 Å². The second kappa shape index (κ2) is 8.85. The first-order chi connectivity index (χ1) is 14.2. The Bertz CT molecular complexity index is 1110. The molecule has 0 aliphatic heterocycles. The minimum absolute atomic E-state index is 0.0204. The van der Waals surface area contributed by atoms with Crippen molar-refractivity contribution in [3.63, 3.8) is 0 Å². The monoisotopic (exact) mass is 426 g/mol. The number of sulfonamides is 1. The Balaban J connectivity index is 1.66. The standard InChI is InChI=1S/C23H26N2O4S/c1-16(2)18-7-9-19(10-8-18)24-23(26)22-14-11-20(29-22)15-25(4)30(27,28)21-12-5-17(3)6-13-21/h5-14,16H,15H2,1-4H3,(H,24,26). The van der Waals surface area contributed by atoms with Crippen molar-refractivity contribution < 1.29 is 17.6 Å². The lowest BCUT2D eigenvalue weighted by Gasteiger charge is -2.16. The number of carbonyl (C=O) groups excluding carboxylic acids is 1. The molecule has 3 aromatic rings. The zero-order chi connectivity index (χ0) is 21.9. The molecule has 0 unspecified atom stereocenters. The third-order valence-electron chi connectivity index (χ3n) is 4.83. The number of hydrogen-bond donors (Lipinski definition) is 1. The molecular formula is C23H26N2O4S. The molecule has 1 amide bonds. The third kappa shape index (κ3) is 4.98. The minimum atomic E-state index is -3.65. The summed E-state index contributed by atoms with van der Waals surface area (Å²) in [6.07, 6.45) is 0. The summed E-state index contributed by atoms with van der Waals surface area (Å²) in [7, 11) is -2.17. The molecule has 0 saturated carbocycles. The van der Waals surface area contributed by atoms with E-state index in [0.717, 1.165) is 5.56 Å². The van der Waals surface area contributed by atoms with Crippen molar-refractivity contribution in [3.05, 3.63) is 83.3 Å². The van der Waals surface area contributed by atoms with Gasteiger partial charge in [0.1, 0.15) is 5.76 Å². The maximum absolute atomic E-state index is 12.7. The van der Waals surface area contributed by atoms with E-state index < -0.39 is 10.0 Å². The molecule has 2 aromatic carbocycles. The van der Waals surface area contributed by atoms with E-state index in [0.29, 0.717) is 17.4 Å². The van der Waals surface area contributed by atoms with E-state index >= 15 is 0 Å². The van der Waals surface area contributed by atoms with Crippen molar-refractivity contribution in [3.8, 4) is 0 Å². The van der Waals surface area contributed by atoms with Crippen LogP contribution in [-0.2, 0) is 16.6 Å². The number of nitrogens with zero attached hydrogens (tertiary/aromatic N) is 1. The second-order valence-electron chi connectivity index (χ2n) is 7.57. The quantitative estimate of drug-likeness (QED) is 0.589. The van der Waals surface area contributed by atoms with Crippen molar-refractivity contribution >= 4 is 21.6 Å². The van der Waals surface area contributed by atoms with Gasteiger partial charge in [-0.1, -0.05) is 43.7 Å². The van der Waals surface area contributed by atoms with E-state index in [-0.39, 0.29) is 23.1 Å². The van der Waals surface area contributed by atoms with Crippen LogP contribution in [0.2, 0.25) is 0 Å². The van der Waals surface area contributed by atoms with Crippen LogP contribution in [-0.4, -0.2) is 25.7 Å². The minimum Gasteiger partial charge on any atom is -0.455 e. The summed E-state index contributed by atoms with van der Waals surface area (Å²) in [5.74, 6) is 0.533. The van der Waals surface area contributed by atoms with Gasteiger partial charge in [-0.3, -0.25) is 4.79 Å². The smallest absolute Gasteiger partial charge is 0.291 e. The first-order valence-corrected chi connectivity index (χ1v) is 11.1. The fraction of sp³-hybridized carbons (Fsp3) is 0.261. The van der Waals surface area contributed by atoms with Gasteiger partial charge in [0.15, 0.2) is 5.76 Å². The lowest BCUT2D eigenvalue weighted by atomic mass is 10.0. The zero-order valence-electron chi connectivity index (χ0n) is 17.5. The number of anilines is 1. The van der Waals surface area contributed by atoms with E-state index in [9.17, 15) is 13.2 Å². The van der Waals surface area contributed by atoms with Crippen molar-refractivity contribution in [2.75, 3.05) is 12.4 Å². The maximum atomic E-state index is 12.7. The van der Waals surface area contributed by atoms with Crippen molar-refractivity contribution in [1.29, 1.82) is 0 Å². The Morgan fingerprint density at radius 1 is 1.00 bits per heavy atom. The first kappa shape index (κ1) is 21.8. The highest BCUT2D eigenvalue weighted by molar-refractivity contribution is 7.89. The Morgan fingerprint density at radius 2 is 1.63 bits per heavy atom. The molecule has 0 spiro atoms. The number of benzene rings is 2. The van der Waals surface area contributed by atoms with Crippen molar-refractivity contribution in [1.82, 2.24) is 4.31 Å². The lowest BCUT2D eigenvalue weighted by Crippen LogP contribution is -2.26. The van der Waals surface area contributed by atoms with Crippen molar-refractivity contribution in [2.24, 2.45) is 0 Å².